The number of fused-ring (bicyclic) bond motifs is 19. The lowest BCUT2D eigenvalue weighted by Gasteiger charge is -2.50. The van der Waals surface area contributed by atoms with Crippen LogP contribution in [0.25, 0.3) is 145 Å². The largest absolute Gasteiger partial charge is 0.457 e. The maximum atomic E-state index is 6.98. The Kier molecular flexibility index (Phi) is 17.0. The number of benzene rings is 18. The molecule has 6 nitrogen and oxygen atoms in total. The monoisotopic (exact) mass is 1610 g/mol. The van der Waals surface area contributed by atoms with E-state index in [4.69, 9.17) is 29.4 Å². The first-order chi connectivity index (χ1) is 61.9. The quantitative estimate of drug-likeness (QED) is 0.120. The Morgan fingerprint density at radius 3 is 1.17 bits per heavy atom. The molecule has 20 aromatic rings. The van der Waals surface area contributed by atoms with E-state index in [0.29, 0.717) is 11.6 Å². The Hall–Kier alpha value is -15.8. The molecular formula is C120H82N4O2. The third-order valence-electron chi connectivity index (χ3n) is 27.3. The van der Waals surface area contributed by atoms with Crippen molar-refractivity contribution in [2.24, 2.45) is 0 Å². The molecule has 0 atom stereocenters. The average Bonchev–Trinajstić information content (AvgIpc) is 0.679. The van der Waals surface area contributed by atoms with Gasteiger partial charge in [-0.3, -0.25) is 0 Å². The van der Waals surface area contributed by atoms with Crippen molar-refractivity contribution in [1.29, 1.82) is 0 Å². The lowest BCUT2D eigenvalue weighted by Crippen LogP contribution is -2.43. The molecule has 0 unspecified atom stereocenters. The van der Waals surface area contributed by atoms with Crippen molar-refractivity contribution in [1.82, 2.24) is 19.9 Å². The topological polar surface area (TPSA) is 70.0 Å². The van der Waals surface area contributed by atoms with Crippen molar-refractivity contribution in [2.75, 3.05) is 0 Å². The Morgan fingerprint density at radius 1 is 0.183 bits per heavy atom. The van der Waals surface area contributed by atoms with Crippen molar-refractivity contribution in [3.05, 3.63) is 491 Å². The van der Waals surface area contributed by atoms with Crippen molar-refractivity contribution in [3.8, 4) is 146 Å². The minimum Gasteiger partial charge on any atom is -0.457 e. The van der Waals surface area contributed by atoms with Crippen molar-refractivity contribution < 1.29 is 9.47 Å². The van der Waals surface area contributed by atoms with Crippen molar-refractivity contribution in [2.45, 2.75) is 49.4 Å². The molecule has 0 bridgehead atoms. The number of nitrogens with zero attached hydrogens (tertiary/aromatic N) is 4. The van der Waals surface area contributed by atoms with Crippen LogP contribution in [-0.4, -0.2) is 19.9 Å². The number of ether oxygens (including phenoxy) is 2. The zero-order valence-electron chi connectivity index (χ0n) is 70.0. The van der Waals surface area contributed by atoms with Crippen LogP contribution in [0.15, 0.2) is 425 Å². The highest BCUT2D eigenvalue weighted by Gasteiger charge is 2.55. The first-order valence-electron chi connectivity index (χ1n) is 43.5. The molecule has 2 aliphatic heterocycles. The second kappa shape index (κ2) is 29.0. The highest BCUT2D eigenvalue weighted by Crippen LogP contribution is 2.65. The highest BCUT2D eigenvalue weighted by atomic mass is 16.5. The zero-order valence-corrected chi connectivity index (χ0v) is 70.0. The van der Waals surface area contributed by atoms with Gasteiger partial charge in [-0.15, -0.1) is 0 Å². The third kappa shape index (κ3) is 11.6. The van der Waals surface area contributed by atoms with E-state index in [2.05, 4.69) is 446 Å². The van der Waals surface area contributed by atoms with Gasteiger partial charge < -0.3 is 9.47 Å². The smallest absolute Gasteiger partial charge is 0.160 e. The van der Waals surface area contributed by atoms with Crippen LogP contribution in [0.1, 0.15) is 94.5 Å². The van der Waals surface area contributed by atoms with Gasteiger partial charge in [0, 0.05) is 66.5 Å². The predicted octanol–water partition coefficient (Wildman–Crippen LogP) is 30.2. The second-order valence-corrected chi connectivity index (χ2v) is 35.0. The number of para-hydroxylation sites is 4. The summed E-state index contributed by atoms with van der Waals surface area (Å²) < 4.78 is 13.8. The standard InChI is InChI=1S/C120H82N4O2/c1-117(2)95-44-15-16-45-97(95)120(101-48-19-23-53-112(101)126-113-54-24-20-49-102(113)120)105-72-85(63-65-96(105)117)91-41-13-14-42-94(91)109-74-108(86-37-25-34-80(67-86)75-29-7-5-8-30-75)123-116(124-109)89-39-26-35-81(68-89)76-55-57-77(58-56-76)82-62-66-98-104(71-82)118(3,4)114-93(43-28-50-103(114)119(98)99-46-17-21-51-110(99)125-111-52-22-18-47-100(111)119)83-36-27-38-87(69-83)106-73-107(122-115(121-106)79-32-9-6-10-33-79)88-61-64-92-84(70-88)60-59-78-31-11-12-40-90(78)92/h5-74H,1-4H3. The summed E-state index contributed by atoms with van der Waals surface area (Å²) in [5.41, 5.74) is 32.4. The van der Waals surface area contributed by atoms with Gasteiger partial charge in [-0.05, 0) is 194 Å². The van der Waals surface area contributed by atoms with Crippen LogP contribution in [0.4, 0.5) is 0 Å². The van der Waals surface area contributed by atoms with E-state index in [9.17, 15) is 0 Å². The minimum atomic E-state index is -0.769. The van der Waals surface area contributed by atoms with Crippen LogP contribution in [0.3, 0.4) is 0 Å². The summed E-state index contributed by atoms with van der Waals surface area (Å²) in [7, 11) is 0. The number of hydrogen-bond acceptors (Lipinski definition) is 6. The molecule has 2 aliphatic carbocycles. The number of aromatic nitrogens is 4. The summed E-state index contributed by atoms with van der Waals surface area (Å²) in [6, 6.07) is 155. The molecule has 0 amide bonds. The van der Waals surface area contributed by atoms with E-state index in [1.54, 1.807) is 0 Å². The van der Waals surface area contributed by atoms with Gasteiger partial charge in [0.05, 0.1) is 33.6 Å². The van der Waals surface area contributed by atoms with Crippen LogP contribution in [0.2, 0.25) is 0 Å². The summed E-state index contributed by atoms with van der Waals surface area (Å²) in [6.45, 7) is 9.61. The molecule has 0 radical (unpaired) electrons. The molecule has 126 heavy (non-hydrogen) atoms. The van der Waals surface area contributed by atoms with E-state index in [-0.39, 0.29) is 5.41 Å². The van der Waals surface area contributed by atoms with Gasteiger partial charge in [0.15, 0.2) is 11.6 Å². The maximum absolute atomic E-state index is 6.98. The molecule has 594 valence electrons. The van der Waals surface area contributed by atoms with Crippen LogP contribution in [0, 0.1) is 0 Å². The highest BCUT2D eigenvalue weighted by molar-refractivity contribution is 6.08. The molecule has 2 aromatic heterocycles. The Labute approximate surface area is 733 Å². The number of rotatable bonds is 11. The first kappa shape index (κ1) is 74.1. The van der Waals surface area contributed by atoms with Crippen LogP contribution in [-0.2, 0) is 21.7 Å². The second-order valence-electron chi connectivity index (χ2n) is 35.0. The van der Waals surface area contributed by atoms with Crippen LogP contribution >= 0.6 is 0 Å². The van der Waals surface area contributed by atoms with Gasteiger partial charge in [0.1, 0.15) is 23.0 Å². The van der Waals surface area contributed by atoms with Gasteiger partial charge >= 0.3 is 0 Å². The summed E-state index contributed by atoms with van der Waals surface area (Å²) in [4.78, 5) is 22.0. The molecule has 6 heteroatoms. The molecular weight excluding hydrogens is 1530 g/mol. The van der Waals surface area contributed by atoms with Crippen LogP contribution in [0.5, 0.6) is 23.0 Å². The molecule has 24 rings (SSSR count). The van der Waals surface area contributed by atoms with Gasteiger partial charge in [-0.2, -0.15) is 0 Å². The molecule has 0 N–H and O–H groups in total. The lowest BCUT2D eigenvalue weighted by molar-refractivity contribution is 0.425. The Morgan fingerprint density at radius 2 is 0.540 bits per heavy atom. The molecule has 0 saturated carbocycles. The molecule has 4 heterocycles. The van der Waals surface area contributed by atoms with Crippen molar-refractivity contribution >= 4 is 21.5 Å². The fourth-order valence-corrected chi connectivity index (χ4v) is 21.5. The van der Waals surface area contributed by atoms with E-state index in [1.807, 2.05) is 6.07 Å². The number of hydrogen-bond donors (Lipinski definition) is 0. The van der Waals surface area contributed by atoms with E-state index in [0.717, 1.165) is 162 Å². The molecule has 0 fully saturated rings. The lowest BCUT2D eigenvalue weighted by atomic mass is 9.52. The normalized spacial score (nSPS) is 14.1. The van der Waals surface area contributed by atoms with E-state index >= 15 is 0 Å². The SMILES string of the molecule is CC1(C)c2ccccc2C2(c3ccccc3Oc3ccccc32)c2cc(-c3ccccc3-c3cc(-c4cccc(-c5ccccc5)c4)nc(-c4cccc(-c5ccc(-c6ccc7c(c6)C(C)(C)c6c(-c8cccc(-c9cc(-c%10ccc%11c(ccc%12ccccc%12%11)c%10)nc(-c%10ccccc%10)n9)c8)cccc6C76c7ccccc7Oc7ccccc76)cc5)c4)n3)ccc21. The third-order valence-corrected chi connectivity index (χ3v) is 27.3. The Bertz CT molecular complexity index is 7770. The average molecular weight is 1610 g/mol. The predicted molar refractivity (Wildman–Crippen MR) is 513 cm³/mol. The van der Waals surface area contributed by atoms with Crippen molar-refractivity contribution in [3.63, 3.8) is 0 Å². The fraction of sp³-hybridized carbons (Fsp3) is 0.0667. The van der Waals surface area contributed by atoms with Gasteiger partial charge in [-0.1, -0.05) is 380 Å². The summed E-state index contributed by atoms with van der Waals surface area (Å²) in [5.74, 6) is 4.71. The summed E-state index contributed by atoms with van der Waals surface area (Å²) >= 11 is 0. The van der Waals surface area contributed by atoms with Gasteiger partial charge in [-0.25, -0.2) is 19.9 Å². The molecule has 0 saturated heterocycles. The van der Waals surface area contributed by atoms with Gasteiger partial charge in [0.2, 0.25) is 0 Å². The van der Waals surface area contributed by atoms with Gasteiger partial charge in [0.25, 0.3) is 0 Å². The summed E-state index contributed by atoms with van der Waals surface area (Å²) in [6.07, 6.45) is 0. The fourth-order valence-electron chi connectivity index (χ4n) is 21.5. The zero-order chi connectivity index (χ0) is 84.0. The molecule has 2 spiro atoms. The van der Waals surface area contributed by atoms with Crippen LogP contribution < -0.4 is 9.47 Å². The molecule has 4 aliphatic rings. The Balaban J connectivity index is 0.613. The maximum Gasteiger partial charge on any atom is 0.160 e. The first-order valence-corrected chi connectivity index (χ1v) is 43.5. The molecule has 18 aromatic carbocycles. The summed E-state index contributed by atoms with van der Waals surface area (Å²) in [5, 5.41) is 4.83. The minimum absolute atomic E-state index is 0.326. The van der Waals surface area contributed by atoms with E-state index in [1.165, 1.54) is 60.7 Å². The van der Waals surface area contributed by atoms with E-state index < -0.39 is 16.2 Å².